The van der Waals surface area contributed by atoms with Gasteiger partial charge in [0.1, 0.15) is 5.00 Å². The Balaban J connectivity index is 0.00000481. The first-order chi connectivity index (χ1) is 17.0. The van der Waals surface area contributed by atoms with Gasteiger partial charge in [-0.15, -0.1) is 23.7 Å². The number of nitrogens with zero attached hydrogens (tertiary/aromatic N) is 2. The smallest absolute Gasteiger partial charge is 0.341 e. The number of esters is 1. The predicted molar refractivity (Wildman–Crippen MR) is 150 cm³/mol. The maximum absolute atomic E-state index is 13.3. The van der Waals surface area contributed by atoms with Gasteiger partial charge in [-0.3, -0.25) is 9.69 Å². The number of carbonyl (C=O) groups excluding carboxylic acids is 2. The molecule has 1 aliphatic rings. The lowest BCUT2D eigenvalue weighted by Gasteiger charge is -2.25. The van der Waals surface area contributed by atoms with Crippen LogP contribution in [0.5, 0.6) is 0 Å². The summed E-state index contributed by atoms with van der Waals surface area (Å²) in [6, 6.07) is 5.96. The van der Waals surface area contributed by atoms with Crippen molar-refractivity contribution in [2.45, 2.75) is 52.5 Å². The van der Waals surface area contributed by atoms with Crippen molar-refractivity contribution in [2.24, 2.45) is 11.8 Å². The molecule has 37 heavy (non-hydrogen) atoms. The van der Waals surface area contributed by atoms with Gasteiger partial charge in [-0.2, -0.15) is 4.31 Å². The summed E-state index contributed by atoms with van der Waals surface area (Å²) < 4.78 is 33.0. The molecular formula is C26H38ClN3O5S2. The molecule has 0 aliphatic carbocycles. The van der Waals surface area contributed by atoms with E-state index in [0.29, 0.717) is 29.2 Å². The Morgan fingerprint density at radius 3 is 2.22 bits per heavy atom. The molecule has 8 nitrogen and oxygen atoms in total. The van der Waals surface area contributed by atoms with Crippen LogP contribution in [0.25, 0.3) is 0 Å². The summed E-state index contributed by atoms with van der Waals surface area (Å²) in [6.07, 6.45) is 0.718. The van der Waals surface area contributed by atoms with Gasteiger partial charge in [0.2, 0.25) is 10.0 Å². The zero-order chi connectivity index (χ0) is 26.6. The molecule has 0 unspecified atom stereocenters. The standard InChI is InChI=1S/C26H37N3O5S2.ClH/c1-7-28-13-12-21-22(16-28)35-25(23(21)26(31)34-6)27-24(30)19-8-10-20(11-9-19)36(32,33)29(14-17(2)3)15-18(4)5;/h8-11,17-18H,7,12-16H2,1-6H3,(H,27,30);1H. The van der Waals surface area contributed by atoms with Gasteiger partial charge in [-0.05, 0) is 54.6 Å². The Labute approximate surface area is 230 Å². The quantitative estimate of drug-likeness (QED) is 0.408. The molecule has 11 heteroatoms. The minimum atomic E-state index is -3.69. The third kappa shape index (κ3) is 7.32. The van der Waals surface area contributed by atoms with Crippen molar-refractivity contribution >= 4 is 50.6 Å². The first kappa shape index (κ1) is 31.2. The summed E-state index contributed by atoms with van der Waals surface area (Å²) in [5.74, 6) is -0.497. The number of anilines is 1. The van der Waals surface area contributed by atoms with E-state index in [0.717, 1.165) is 36.5 Å². The van der Waals surface area contributed by atoms with Crippen molar-refractivity contribution in [3.63, 3.8) is 0 Å². The fraction of sp³-hybridized carbons (Fsp3) is 0.538. The van der Waals surface area contributed by atoms with Crippen LogP contribution in [0.15, 0.2) is 29.2 Å². The van der Waals surface area contributed by atoms with E-state index < -0.39 is 21.9 Å². The zero-order valence-electron chi connectivity index (χ0n) is 22.4. The number of likely N-dealkylation sites (N-methyl/N-ethyl adjacent to an activating group) is 1. The van der Waals surface area contributed by atoms with Crippen LogP contribution in [0.4, 0.5) is 5.00 Å². The summed E-state index contributed by atoms with van der Waals surface area (Å²) in [5.41, 5.74) is 1.66. The van der Waals surface area contributed by atoms with Crippen LogP contribution >= 0.6 is 23.7 Å². The molecule has 0 spiro atoms. The van der Waals surface area contributed by atoms with Gasteiger partial charge >= 0.3 is 5.97 Å². The van der Waals surface area contributed by atoms with Gasteiger partial charge in [-0.25, -0.2) is 13.2 Å². The topological polar surface area (TPSA) is 96.0 Å². The molecule has 2 heterocycles. The van der Waals surface area contributed by atoms with Crippen molar-refractivity contribution < 1.29 is 22.7 Å². The summed E-state index contributed by atoms with van der Waals surface area (Å²) in [7, 11) is -2.35. The number of ether oxygens (including phenoxy) is 1. The fourth-order valence-corrected chi connectivity index (χ4v) is 7.36. The minimum absolute atomic E-state index is 0. The number of methoxy groups -OCH3 is 1. The third-order valence-electron chi connectivity index (χ3n) is 6.09. The van der Waals surface area contributed by atoms with Crippen LogP contribution < -0.4 is 5.32 Å². The maximum Gasteiger partial charge on any atom is 0.341 e. The van der Waals surface area contributed by atoms with Gasteiger partial charge in [0.25, 0.3) is 5.91 Å². The van der Waals surface area contributed by atoms with Crippen LogP contribution in [0, 0.1) is 11.8 Å². The Kier molecular flexibility index (Phi) is 11.1. The predicted octanol–water partition coefficient (Wildman–Crippen LogP) is 4.89. The van der Waals surface area contributed by atoms with Crippen molar-refractivity contribution in [1.29, 1.82) is 0 Å². The van der Waals surface area contributed by atoms with Gasteiger partial charge in [0.15, 0.2) is 0 Å². The number of rotatable bonds is 10. The number of hydrogen-bond donors (Lipinski definition) is 1. The van der Waals surface area contributed by atoms with Crippen LogP contribution in [-0.2, 0) is 27.7 Å². The number of amides is 1. The van der Waals surface area contributed by atoms with Crippen molar-refractivity contribution in [3.05, 3.63) is 45.8 Å². The molecule has 0 bridgehead atoms. The Morgan fingerprint density at radius 2 is 1.70 bits per heavy atom. The van der Waals surface area contributed by atoms with E-state index in [1.165, 1.54) is 47.0 Å². The minimum Gasteiger partial charge on any atom is -0.465 e. The lowest BCUT2D eigenvalue weighted by Crippen LogP contribution is -2.37. The van der Waals surface area contributed by atoms with Gasteiger partial charge in [0, 0.05) is 36.6 Å². The van der Waals surface area contributed by atoms with E-state index >= 15 is 0 Å². The largest absolute Gasteiger partial charge is 0.465 e. The summed E-state index contributed by atoms with van der Waals surface area (Å²) in [4.78, 5) is 29.1. The second kappa shape index (κ2) is 13.2. The highest BCUT2D eigenvalue weighted by Gasteiger charge is 2.30. The average Bonchev–Trinajstić information content (AvgIpc) is 3.19. The van der Waals surface area contributed by atoms with Crippen LogP contribution in [-0.4, -0.2) is 62.8 Å². The van der Waals surface area contributed by atoms with Crippen LogP contribution in [0.3, 0.4) is 0 Å². The molecular weight excluding hydrogens is 534 g/mol. The number of hydrogen-bond acceptors (Lipinski definition) is 7. The number of halogens is 1. The first-order valence-electron chi connectivity index (χ1n) is 12.3. The molecule has 1 N–H and O–H groups in total. The van der Waals surface area contributed by atoms with Crippen molar-refractivity contribution in [2.75, 3.05) is 38.6 Å². The summed E-state index contributed by atoms with van der Waals surface area (Å²) in [5, 5.41) is 3.33. The highest BCUT2D eigenvalue weighted by Crippen LogP contribution is 2.38. The summed E-state index contributed by atoms with van der Waals surface area (Å²) in [6.45, 7) is 13.4. The Morgan fingerprint density at radius 1 is 1.11 bits per heavy atom. The Bertz CT molecular complexity index is 1180. The highest BCUT2D eigenvalue weighted by atomic mass is 35.5. The van der Waals surface area contributed by atoms with E-state index in [1.807, 2.05) is 27.7 Å². The van der Waals surface area contributed by atoms with Gasteiger partial charge < -0.3 is 10.1 Å². The number of thiophene rings is 1. The number of sulfonamides is 1. The third-order valence-corrected chi connectivity index (χ3v) is 9.07. The molecule has 3 rings (SSSR count). The first-order valence-corrected chi connectivity index (χ1v) is 14.6. The number of nitrogens with one attached hydrogen (secondary N) is 1. The van der Waals surface area contributed by atoms with Crippen LogP contribution in [0.1, 0.15) is 65.8 Å². The average molecular weight is 572 g/mol. The Hall–Kier alpha value is -1.98. The second-order valence-corrected chi connectivity index (χ2v) is 12.9. The molecule has 0 saturated heterocycles. The molecule has 0 atom stereocenters. The molecule has 2 aromatic rings. The molecule has 0 saturated carbocycles. The molecule has 1 aliphatic heterocycles. The zero-order valence-corrected chi connectivity index (χ0v) is 24.8. The number of carbonyl (C=O) groups is 2. The lowest BCUT2D eigenvalue weighted by atomic mass is 10.0. The summed E-state index contributed by atoms with van der Waals surface area (Å²) >= 11 is 1.39. The highest BCUT2D eigenvalue weighted by molar-refractivity contribution is 7.89. The number of fused-ring (bicyclic) bond motifs is 1. The van der Waals surface area contributed by atoms with Crippen molar-refractivity contribution in [1.82, 2.24) is 9.21 Å². The normalized spacial score (nSPS) is 14.0. The second-order valence-electron chi connectivity index (χ2n) is 9.91. The van der Waals surface area contributed by atoms with Gasteiger partial charge in [-0.1, -0.05) is 34.6 Å². The van der Waals surface area contributed by atoms with E-state index in [-0.39, 0.29) is 29.1 Å². The molecule has 1 aromatic heterocycles. The van der Waals surface area contributed by atoms with E-state index in [1.54, 1.807) is 0 Å². The molecule has 1 aromatic carbocycles. The van der Waals surface area contributed by atoms with Crippen molar-refractivity contribution in [3.8, 4) is 0 Å². The fourth-order valence-electron chi connectivity index (χ4n) is 4.32. The molecule has 206 valence electrons. The van der Waals surface area contributed by atoms with E-state index in [2.05, 4.69) is 17.1 Å². The van der Waals surface area contributed by atoms with E-state index in [4.69, 9.17) is 4.74 Å². The monoisotopic (exact) mass is 571 g/mol. The van der Waals surface area contributed by atoms with E-state index in [9.17, 15) is 18.0 Å². The van der Waals surface area contributed by atoms with Crippen LogP contribution in [0.2, 0.25) is 0 Å². The van der Waals surface area contributed by atoms with Gasteiger partial charge in [0.05, 0.1) is 17.6 Å². The SMILES string of the molecule is CCN1CCc2c(sc(NC(=O)c3ccc(S(=O)(=O)N(CC(C)C)CC(C)C)cc3)c2C(=O)OC)C1.Cl. The lowest BCUT2D eigenvalue weighted by molar-refractivity contribution is 0.0600. The maximum atomic E-state index is 13.3. The molecule has 0 fully saturated rings. The molecule has 0 radical (unpaired) electrons. The molecule has 1 amide bonds. The number of benzene rings is 1.